The third kappa shape index (κ3) is 3.74. The van der Waals surface area contributed by atoms with Gasteiger partial charge in [0.1, 0.15) is 11.3 Å². The van der Waals surface area contributed by atoms with Crippen molar-refractivity contribution in [1.82, 2.24) is 4.90 Å². The van der Waals surface area contributed by atoms with Gasteiger partial charge in [0.05, 0.1) is 0 Å². The molecule has 3 aromatic carbocycles. The molecule has 1 aliphatic rings. The fraction of sp³-hybridized carbons (Fsp3) is 0.231. The van der Waals surface area contributed by atoms with Gasteiger partial charge in [0.25, 0.3) is 0 Å². The van der Waals surface area contributed by atoms with Crippen LogP contribution in [0.2, 0.25) is 0 Å². The Balaban J connectivity index is 1.31. The van der Waals surface area contributed by atoms with E-state index in [1.54, 1.807) is 0 Å². The molecule has 1 aliphatic heterocycles. The first-order valence-electron chi connectivity index (χ1n) is 10.2. The van der Waals surface area contributed by atoms with E-state index in [0.29, 0.717) is 0 Å². The number of hydrogen-bond donors (Lipinski definition) is 0. The fourth-order valence-corrected chi connectivity index (χ4v) is 3.90. The van der Waals surface area contributed by atoms with Gasteiger partial charge in [-0.2, -0.15) is 0 Å². The molecule has 5 rings (SSSR count). The number of benzene rings is 3. The molecular weight excluding hydrogens is 342 g/mol. The van der Waals surface area contributed by atoms with Crippen LogP contribution in [0.5, 0.6) is 0 Å². The largest absolute Gasteiger partial charge is 0.456 e. The van der Waals surface area contributed by atoms with Crippen molar-refractivity contribution in [3.8, 4) is 11.3 Å². The summed E-state index contributed by atoms with van der Waals surface area (Å²) in [5.41, 5.74) is 6.22. The lowest BCUT2D eigenvalue weighted by Gasteiger charge is -2.30. The van der Waals surface area contributed by atoms with Crippen LogP contribution in [0.3, 0.4) is 0 Å². The quantitative estimate of drug-likeness (QED) is 0.410. The van der Waals surface area contributed by atoms with E-state index in [-0.39, 0.29) is 0 Å². The highest BCUT2D eigenvalue weighted by Gasteiger charge is 2.14. The minimum atomic E-state index is 0.950. The highest BCUT2D eigenvalue weighted by molar-refractivity contribution is 5.83. The van der Waals surface area contributed by atoms with Crippen molar-refractivity contribution in [2.24, 2.45) is 0 Å². The van der Waals surface area contributed by atoms with Gasteiger partial charge in [0.2, 0.25) is 0 Å². The molecule has 140 valence electrons. The second-order valence-electron chi connectivity index (χ2n) is 7.80. The van der Waals surface area contributed by atoms with Crippen LogP contribution in [0.25, 0.3) is 22.3 Å². The summed E-state index contributed by atoms with van der Waals surface area (Å²) in [5.74, 6) is 0.950. The second kappa shape index (κ2) is 7.65. The van der Waals surface area contributed by atoms with Gasteiger partial charge in [0.15, 0.2) is 0 Å². The number of nitrogens with zero attached hydrogens (tertiary/aromatic N) is 1. The van der Waals surface area contributed by atoms with Crippen LogP contribution < -0.4 is 0 Å². The summed E-state index contributed by atoms with van der Waals surface area (Å²) in [7, 11) is 0. The molecule has 1 aromatic heterocycles. The predicted octanol–water partition coefficient (Wildman–Crippen LogP) is 6.09. The van der Waals surface area contributed by atoms with E-state index in [1.165, 1.54) is 41.6 Å². The maximum Gasteiger partial charge on any atom is 0.135 e. The summed E-state index contributed by atoms with van der Waals surface area (Å²) in [6, 6.07) is 28.2. The van der Waals surface area contributed by atoms with E-state index in [4.69, 9.17) is 4.42 Å². The summed E-state index contributed by atoms with van der Waals surface area (Å²) in [4.78, 5) is 2.48. The molecule has 28 heavy (non-hydrogen) atoms. The van der Waals surface area contributed by atoms with Crippen molar-refractivity contribution in [3.63, 3.8) is 0 Å². The Morgan fingerprint density at radius 3 is 2.21 bits per heavy atom. The number of hydrogen-bond acceptors (Lipinski definition) is 2. The number of furan rings is 1. The van der Waals surface area contributed by atoms with Crippen molar-refractivity contribution in [1.29, 1.82) is 0 Å². The molecule has 1 fully saturated rings. The van der Waals surface area contributed by atoms with Crippen molar-refractivity contribution in [2.75, 3.05) is 13.1 Å². The molecule has 2 heteroatoms. The number of rotatable bonds is 6. The Hall–Kier alpha value is -2.84. The standard InChI is InChI=1S/C26H25NO/c1-2-5-20(6-3-1)7-8-21-11-14-25-24(17-21)18-26(28-25)23-12-9-22(10-13-23)19-27-15-4-16-27/h1-3,5-6,9-14,17-18H,4,7-8,15-16,19H2. The fourth-order valence-electron chi connectivity index (χ4n) is 3.90. The van der Waals surface area contributed by atoms with Gasteiger partial charge in [-0.3, -0.25) is 4.90 Å². The Kier molecular flexibility index (Phi) is 4.72. The minimum Gasteiger partial charge on any atom is -0.456 e. The molecule has 0 amide bonds. The number of likely N-dealkylation sites (tertiary alicyclic amines) is 1. The van der Waals surface area contributed by atoms with Crippen molar-refractivity contribution in [2.45, 2.75) is 25.8 Å². The van der Waals surface area contributed by atoms with Crippen LogP contribution in [-0.4, -0.2) is 18.0 Å². The molecule has 0 atom stereocenters. The van der Waals surface area contributed by atoms with Gasteiger partial charge in [0, 0.05) is 17.5 Å². The number of aryl methyl sites for hydroxylation is 2. The maximum atomic E-state index is 6.11. The lowest BCUT2D eigenvalue weighted by Crippen LogP contribution is -2.36. The lowest BCUT2D eigenvalue weighted by molar-refractivity contribution is 0.172. The molecule has 0 unspecified atom stereocenters. The van der Waals surface area contributed by atoms with E-state index < -0.39 is 0 Å². The van der Waals surface area contributed by atoms with Gasteiger partial charge < -0.3 is 4.42 Å². The average Bonchev–Trinajstić information content (AvgIpc) is 3.14. The zero-order valence-electron chi connectivity index (χ0n) is 16.1. The smallest absolute Gasteiger partial charge is 0.135 e. The van der Waals surface area contributed by atoms with Crippen molar-refractivity contribution >= 4 is 11.0 Å². The highest BCUT2D eigenvalue weighted by atomic mass is 16.3. The van der Waals surface area contributed by atoms with Crippen molar-refractivity contribution in [3.05, 3.63) is 95.6 Å². The summed E-state index contributed by atoms with van der Waals surface area (Å²) < 4.78 is 6.11. The SMILES string of the molecule is c1ccc(CCc2ccc3oc(-c4ccc(CN5CCC5)cc4)cc3c2)cc1. The molecule has 0 radical (unpaired) electrons. The first-order valence-corrected chi connectivity index (χ1v) is 10.2. The summed E-state index contributed by atoms with van der Waals surface area (Å²) in [6.45, 7) is 3.53. The van der Waals surface area contributed by atoms with Crippen LogP contribution in [0.4, 0.5) is 0 Å². The lowest BCUT2D eigenvalue weighted by atomic mass is 10.0. The maximum absolute atomic E-state index is 6.11. The second-order valence-corrected chi connectivity index (χ2v) is 7.80. The zero-order valence-corrected chi connectivity index (χ0v) is 16.1. The molecule has 0 spiro atoms. The molecular formula is C26H25NO. The summed E-state index contributed by atoms with van der Waals surface area (Å²) in [6.07, 6.45) is 3.45. The van der Waals surface area contributed by atoms with Gasteiger partial charge in [-0.25, -0.2) is 0 Å². The monoisotopic (exact) mass is 367 g/mol. The van der Waals surface area contributed by atoms with Crippen molar-refractivity contribution < 1.29 is 4.42 Å². The average molecular weight is 367 g/mol. The molecule has 1 saturated heterocycles. The summed E-state index contributed by atoms with van der Waals surface area (Å²) in [5, 5.41) is 1.19. The van der Waals surface area contributed by atoms with Gasteiger partial charge in [-0.15, -0.1) is 0 Å². The predicted molar refractivity (Wildman–Crippen MR) is 115 cm³/mol. The Morgan fingerprint density at radius 1 is 0.714 bits per heavy atom. The molecule has 0 saturated carbocycles. The molecule has 0 aliphatic carbocycles. The Bertz CT molecular complexity index is 1060. The molecule has 4 aromatic rings. The molecule has 0 bridgehead atoms. The minimum absolute atomic E-state index is 0.950. The number of fused-ring (bicyclic) bond motifs is 1. The van der Waals surface area contributed by atoms with Crippen LogP contribution in [0.1, 0.15) is 23.1 Å². The third-order valence-corrected chi connectivity index (χ3v) is 5.72. The topological polar surface area (TPSA) is 16.4 Å². The van der Waals surface area contributed by atoms with Crippen LogP contribution in [-0.2, 0) is 19.4 Å². The molecule has 2 nitrogen and oxygen atoms in total. The third-order valence-electron chi connectivity index (χ3n) is 5.72. The van der Waals surface area contributed by atoms with Gasteiger partial charge in [-0.05, 0) is 67.2 Å². The first-order chi connectivity index (χ1) is 13.8. The van der Waals surface area contributed by atoms with E-state index >= 15 is 0 Å². The Labute approximate surface area is 166 Å². The van der Waals surface area contributed by atoms with Crippen LogP contribution in [0, 0.1) is 0 Å². The van der Waals surface area contributed by atoms with E-state index in [1.807, 2.05) is 0 Å². The van der Waals surface area contributed by atoms with E-state index in [9.17, 15) is 0 Å². The van der Waals surface area contributed by atoms with E-state index in [0.717, 1.165) is 36.3 Å². The van der Waals surface area contributed by atoms with Crippen LogP contribution in [0.15, 0.2) is 83.3 Å². The Morgan fingerprint density at radius 2 is 1.46 bits per heavy atom. The summed E-state index contributed by atoms with van der Waals surface area (Å²) >= 11 is 0. The van der Waals surface area contributed by atoms with Gasteiger partial charge >= 0.3 is 0 Å². The van der Waals surface area contributed by atoms with Crippen LogP contribution >= 0.6 is 0 Å². The first kappa shape index (κ1) is 17.3. The van der Waals surface area contributed by atoms with Gasteiger partial charge in [-0.1, -0.05) is 60.7 Å². The molecule has 2 heterocycles. The van der Waals surface area contributed by atoms with E-state index in [2.05, 4.69) is 83.8 Å². The zero-order chi connectivity index (χ0) is 18.8. The molecule has 0 N–H and O–H groups in total. The highest BCUT2D eigenvalue weighted by Crippen LogP contribution is 2.29. The normalized spacial score (nSPS) is 14.3.